The molecule has 0 heterocycles. The lowest BCUT2D eigenvalue weighted by atomic mass is 10.1. The Kier molecular flexibility index (Phi) is 5.16. The van der Waals surface area contributed by atoms with Crippen LogP contribution in [0.4, 0.5) is 5.69 Å². The number of nitriles is 1. The lowest BCUT2D eigenvalue weighted by molar-refractivity contribution is -0.138. The monoisotopic (exact) mass is 294 g/mol. The Morgan fingerprint density at radius 3 is 2.50 bits per heavy atom. The number of esters is 1. The predicted molar refractivity (Wildman–Crippen MR) is 85.4 cm³/mol. The minimum absolute atomic E-state index is 0.138. The third-order valence-electron chi connectivity index (χ3n) is 3.45. The third-order valence-corrected chi connectivity index (χ3v) is 3.45. The first-order valence-electron chi connectivity index (χ1n) is 7.00. The first kappa shape index (κ1) is 15.6. The van der Waals surface area contributed by atoms with Crippen LogP contribution in [0, 0.1) is 18.3 Å². The molecule has 0 saturated carbocycles. The summed E-state index contributed by atoms with van der Waals surface area (Å²) in [5.41, 5.74) is 3.57. The van der Waals surface area contributed by atoms with E-state index in [1.54, 1.807) is 6.07 Å². The molecule has 0 aliphatic rings. The zero-order chi connectivity index (χ0) is 15.9. The highest BCUT2D eigenvalue weighted by Crippen LogP contribution is 2.19. The molecule has 0 N–H and O–H groups in total. The quantitative estimate of drug-likeness (QED) is 0.795. The third kappa shape index (κ3) is 3.86. The van der Waals surface area contributed by atoms with Gasteiger partial charge in [0, 0.05) is 12.2 Å². The predicted octanol–water partition coefficient (Wildman–Crippen LogP) is 3.05. The average molecular weight is 294 g/mol. The molecule has 0 aliphatic heterocycles. The van der Waals surface area contributed by atoms with Crippen molar-refractivity contribution in [3.8, 4) is 6.07 Å². The fraction of sp³-hybridized carbons (Fsp3) is 0.222. The maximum atomic E-state index is 11.7. The average Bonchev–Trinajstić information content (AvgIpc) is 2.55. The molecular weight excluding hydrogens is 276 g/mol. The van der Waals surface area contributed by atoms with Crippen LogP contribution in [0.15, 0.2) is 48.5 Å². The molecule has 0 aromatic heterocycles. The van der Waals surface area contributed by atoms with Crippen LogP contribution in [0.2, 0.25) is 0 Å². The second-order valence-corrected chi connectivity index (χ2v) is 5.04. The number of anilines is 1. The first-order valence-corrected chi connectivity index (χ1v) is 7.00. The molecule has 22 heavy (non-hydrogen) atoms. The highest BCUT2D eigenvalue weighted by molar-refractivity contribution is 5.75. The number of rotatable bonds is 5. The Bertz CT molecular complexity index is 687. The zero-order valence-electron chi connectivity index (χ0n) is 12.7. The Morgan fingerprint density at radius 2 is 1.86 bits per heavy atom. The number of carbonyl (C=O) groups excluding carboxylic acids is 1. The number of hydrogen-bond acceptors (Lipinski definition) is 4. The van der Waals surface area contributed by atoms with Crippen molar-refractivity contribution in [3.63, 3.8) is 0 Å². The lowest BCUT2D eigenvalue weighted by Gasteiger charge is -2.24. The minimum Gasteiger partial charge on any atom is -0.468 e. The molecule has 2 aromatic rings. The fourth-order valence-electron chi connectivity index (χ4n) is 2.19. The largest absolute Gasteiger partial charge is 0.468 e. The lowest BCUT2D eigenvalue weighted by Crippen LogP contribution is -2.30. The molecule has 0 radical (unpaired) electrons. The molecule has 4 heteroatoms. The molecule has 0 spiro atoms. The first-order chi connectivity index (χ1) is 10.6. The number of aryl methyl sites for hydroxylation is 1. The van der Waals surface area contributed by atoms with Crippen LogP contribution in [-0.2, 0) is 16.1 Å². The summed E-state index contributed by atoms with van der Waals surface area (Å²) in [6.07, 6.45) is 0. The van der Waals surface area contributed by atoms with Gasteiger partial charge in [0.25, 0.3) is 0 Å². The second-order valence-electron chi connectivity index (χ2n) is 5.04. The summed E-state index contributed by atoms with van der Waals surface area (Å²) < 4.78 is 4.77. The van der Waals surface area contributed by atoms with E-state index in [9.17, 15) is 10.1 Å². The summed E-state index contributed by atoms with van der Waals surface area (Å²) in [6, 6.07) is 17.5. The molecule has 0 fully saturated rings. The molecule has 0 unspecified atom stereocenters. The van der Waals surface area contributed by atoms with E-state index in [1.807, 2.05) is 54.3 Å². The zero-order valence-corrected chi connectivity index (χ0v) is 12.7. The SMILES string of the molecule is COC(=O)CN(Cc1ccccc1C#N)c1ccc(C)cc1. The van der Waals surface area contributed by atoms with Gasteiger partial charge >= 0.3 is 5.97 Å². The van der Waals surface area contributed by atoms with Gasteiger partial charge in [-0.15, -0.1) is 0 Å². The number of nitrogens with zero attached hydrogens (tertiary/aromatic N) is 2. The minimum atomic E-state index is -0.310. The van der Waals surface area contributed by atoms with Crippen molar-refractivity contribution in [1.29, 1.82) is 5.26 Å². The Morgan fingerprint density at radius 1 is 1.18 bits per heavy atom. The highest BCUT2D eigenvalue weighted by atomic mass is 16.5. The smallest absolute Gasteiger partial charge is 0.325 e. The summed E-state index contributed by atoms with van der Waals surface area (Å²) in [5.74, 6) is -0.310. The Hall–Kier alpha value is -2.80. The topological polar surface area (TPSA) is 53.3 Å². The molecule has 2 aromatic carbocycles. The van der Waals surface area contributed by atoms with Gasteiger partial charge in [0.1, 0.15) is 6.54 Å². The number of ether oxygens (including phenoxy) is 1. The molecule has 0 atom stereocenters. The second kappa shape index (κ2) is 7.28. The van der Waals surface area contributed by atoms with Crippen LogP contribution in [-0.4, -0.2) is 19.6 Å². The van der Waals surface area contributed by atoms with E-state index in [4.69, 9.17) is 4.74 Å². The maximum Gasteiger partial charge on any atom is 0.325 e. The van der Waals surface area contributed by atoms with E-state index < -0.39 is 0 Å². The Balaban J connectivity index is 2.30. The number of methoxy groups -OCH3 is 1. The molecular formula is C18H18N2O2. The van der Waals surface area contributed by atoms with Gasteiger partial charge < -0.3 is 9.64 Å². The summed E-state index contributed by atoms with van der Waals surface area (Å²) in [5, 5.41) is 9.21. The van der Waals surface area contributed by atoms with E-state index >= 15 is 0 Å². The van der Waals surface area contributed by atoms with Crippen molar-refractivity contribution < 1.29 is 9.53 Å². The van der Waals surface area contributed by atoms with Crippen molar-refractivity contribution in [1.82, 2.24) is 0 Å². The number of hydrogen-bond donors (Lipinski definition) is 0. The van der Waals surface area contributed by atoms with Crippen LogP contribution < -0.4 is 4.90 Å². The molecule has 0 bridgehead atoms. The van der Waals surface area contributed by atoms with E-state index in [2.05, 4.69) is 6.07 Å². The molecule has 4 nitrogen and oxygen atoms in total. The number of carbonyl (C=O) groups is 1. The standard InChI is InChI=1S/C18H18N2O2/c1-14-7-9-17(10-8-14)20(13-18(21)22-2)12-16-6-4-3-5-15(16)11-19/h3-10H,12-13H2,1-2H3. The summed E-state index contributed by atoms with van der Waals surface area (Å²) in [6.45, 7) is 2.63. The van der Waals surface area contributed by atoms with Gasteiger partial charge in [-0.1, -0.05) is 35.9 Å². The van der Waals surface area contributed by atoms with Gasteiger partial charge in [0.15, 0.2) is 0 Å². The summed E-state index contributed by atoms with van der Waals surface area (Å²) in [7, 11) is 1.37. The van der Waals surface area contributed by atoms with Gasteiger partial charge in [-0.3, -0.25) is 4.79 Å². The van der Waals surface area contributed by atoms with Gasteiger partial charge in [-0.25, -0.2) is 0 Å². The van der Waals surface area contributed by atoms with Crippen molar-refractivity contribution >= 4 is 11.7 Å². The van der Waals surface area contributed by atoms with Crippen LogP contribution >= 0.6 is 0 Å². The highest BCUT2D eigenvalue weighted by Gasteiger charge is 2.14. The van der Waals surface area contributed by atoms with Crippen molar-refractivity contribution in [2.24, 2.45) is 0 Å². The molecule has 2 rings (SSSR count). The molecule has 112 valence electrons. The van der Waals surface area contributed by atoms with E-state index in [0.29, 0.717) is 12.1 Å². The van der Waals surface area contributed by atoms with Crippen LogP contribution in [0.25, 0.3) is 0 Å². The van der Waals surface area contributed by atoms with Gasteiger partial charge in [-0.2, -0.15) is 5.26 Å². The fourth-order valence-corrected chi connectivity index (χ4v) is 2.19. The van der Waals surface area contributed by atoms with E-state index in [0.717, 1.165) is 16.8 Å². The van der Waals surface area contributed by atoms with E-state index in [1.165, 1.54) is 7.11 Å². The normalized spacial score (nSPS) is 9.86. The molecule has 0 amide bonds. The van der Waals surface area contributed by atoms with Gasteiger partial charge in [0.05, 0.1) is 18.7 Å². The molecule has 0 saturated heterocycles. The summed E-state index contributed by atoms with van der Waals surface area (Å²) in [4.78, 5) is 13.6. The summed E-state index contributed by atoms with van der Waals surface area (Å²) >= 11 is 0. The van der Waals surface area contributed by atoms with Gasteiger partial charge in [0.2, 0.25) is 0 Å². The van der Waals surface area contributed by atoms with Crippen LogP contribution in [0.5, 0.6) is 0 Å². The molecule has 0 aliphatic carbocycles. The number of benzene rings is 2. The Labute approximate surface area is 130 Å². The van der Waals surface area contributed by atoms with Crippen LogP contribution in [0.3, 0.4) is 0 Å². The van der Waals surface area contributed by atoms with E-state index in [-0.39, 0.29) is 12.5 Å². The van der Waals surface area contributed by atoms with Crippen molar-refractivity contribution in [3.05, 3.63) is 65.2 Å². The van der Waals surface area contributed by atoms with Crippen molar-refractivity contribution in [2.75, 3.05) is 18.6 Å². The van der Waals surface area contributed by atoms with Gasteiger partial charge in [-0.05, 0) is 30.7 Å². The maximum absolute atomic E-state index is 11.7. The van der Waals surface area contributed by atoms with Crippen LogP contribution in [0.1, 0.15) is 16.7 Å². The van der Waals surface area contributed by atoms with Crippen molar-refractivity contribution in [2.45, 2.75) is 13.5 Å².